The van der Waals surface area contributed by atoms with Gasteiger partial charge in [0, 0.05) is 31.5 Å². The molecule has 7 nitrogen and oxygen atoms in total. The molecule has 0 saturated carbocycles. The van der Waals surface area contributed by atoms with Crippen LogP contribution in [0.5, 0.6) is 5.75 Å². The van der Waals surface area contributed by atoms with Gasteiger partial charge in [0.1, 0.15) is 6.61 Å². The van der Waals surface area contributed by atoms with Crippen LogP contribution in [0, 0.1) is 6.92 Å². The lowest BCUT2D eigenvalue weighted by Gasteiger charge is -2.16. The minimum atomic E-state index is -0.523. The SMILES string of the molecule is CC(=O)n1ccc(=O)c(OCc2ccccc2)c1C.CC1=NC=CC(=O)C1OCc1ccccc1. The van der Waals surface area contributed by atoms with Gasteiger partial charge in [-0.25, -0.2) is 0 Å². The number of pyridine rings is 1. The molecule has 0 aliphatic carbocycles. The second kappa shape index (κ2) is 12.4. The van der Waals surface area contributed by atoms with Crippen LogP contribution in [0.15, 0.2) is 95.0 Å². The Morgan fingerprint density at radius 3 is 2.09 bits per heavy atom. The maximum Gasteiger partial charge on any atom is 0.227 e. The first-order valence-electron chi connectivity index (χ1n) is 11.2. The van der Waals surface area contributed by atoms with Gasteiger partial charge in [0.15, 0.2) is 17.6 Å². The zero-order valence-electron chi connectivity index (χ0n) is 20.0. The average molecular weight is 473 g/mol. The summed E-state index contributed by atoms with van der Waals surface area (Å²) in [5.41, 5.74) is 3.04. The average Bonchev–Trinajstić information content (AvgIpc) is 2.85. The van der Waals surface area contributed by atoms with E-state index in [0.717, 1.165) is 11.1 Å². The molecule has 3 aromatic rings. The fraction of sp³-hybridized carbons (Fsp3) is 0.214. The van der Waals surface area contributed by atoms with Crippen molar-refractivity contribution in [1.29, 1.82) is 0 Å². The number of nitrogens with zero attached hydrogens (tertiary/aromatic N) is 2. The summed E-state index contributed by atoms with van der Waals surface area (Å²) >= 11 is 0. The normalized spacial score (nSPS) is 14.5. The Hall–Kier alpha value is -4.10. The molecule has 4 rings (SSSR count). The third kappa shape index (κ3) is 7.19. The van der Waals surface area contributed by atoms with Gasteiger partial charge in [0.2, 0.25) is 11.3 Å². The minimum absolute atomic E-state index is 0.0385. The molecule has 0 fully saturated rings. The Morgan fingerprint density at radius 1 is 0.914 bits per heavy atom. The highest BCUT2D eigenvalue weighted by atomic mass is 16.5. The van der Waals surface area contributed by atoms with Gasteiger partial charge in [0.05, 0.1) is 18.0 Å². The lowest BCUT2D eigenvalue weighted by molar-refractivity contribution is -0.122. The highest BCUT2D eigenvalue weighted by Gasteiger charge is 2.22. The fourth-order valence-electron chi connectivity index (χ4n) is 3.41. The van der Waals surface area contributed by atoms with Gasteiger partial charge < -0.3 is 9.47 Å². The number of carbonyl (C=O) groups excluding carboxylic acids is 2. The molecule has 1 aromatic heterocycles. The lowest BCUT2D eigenvalue weighted by atomic mass is 10.1. The first-order chi connectivity index (χ1) is 16.9. The van der Waals surface area contributed by atoms with Crippen molar-refractivity contribution in [2.75, 3.05) is 0 Å². The van der Waals surface area contributed by atoms with E-state index in [1.807, 2.05) is 60.7 Å². The molecule has 0 amide bonds. The van der Waals surface area contributed by atoms with Crippen molar-refractivity contribution in [2.45, 2.75) is 40.1 Å². The number of carbonyl (C=O) groups is 2. The van der Waals surface area contributed by atoms with Crippen molar-refractivity contribution in [3.8, 4) is 5.75 Å². The quantitative estimate of drug-likeness (QED) is 0.526. The van der Waals surface area contributed by atoms with Gasteiger partial charge in [-0.2, -0.15) is 0 Å². The van der Waals surface area contributed by atoms with Crippen molar-refractivity contribution >= 4 is 17.4 Å². The zero-order valence-corrected chi connectivity index (χ0v) is 20.0. The van der Waals surface area contributed by atoms with Crippen molar-refractivity contribution in [2.24, 2.45) is 4.99 Å². The maximum atomic E-state index is 11.8. The van der Waals surface area contributed by atoms with Gasteiger partial charge in [-0.3, -0.25) is 23.9 Å². The smallest absolute Gasteiger partial charge is 0.227 e. The van der Waals surface area contributed by atoms with E-state index in [0.29, 0.717) is 24.6 Å². The van der Waals surface area contributed by atoms with Crippen molar-refractivity contribution in [3.05, 3.63) is 112 Å². The molecule has 0 N–H and O–H groups in total. The number of ketones is 1. The monoisotopic (exact) mass is 472 g/mol. The van der Waals surface area contributed by atoms with Crippen LogP contribution in [0.3, 0.4) is 0 Å². The predicted molar refractivity (Wildman–Crippen MR) is 135 cm³/mol. The summed E-state index contributed by atoms with van der Waals surface area (Å²) < 4.78 is 12.5. The van der Waals surface area contributed by atoms with Gasteiger partial charge in [0.25, 0.3) is 0 Å². The number of benzene rings is 2. The number of rotatable bonds is 6. The third-order valence-corrected chi connectivity index (χ3v) is 5.27. The van der Waals surface area contributed by atoms with Crippen LogP contribution in [-0.2, 0) is 22.7 Å². The van der Waals surface area contributed by atoms with Crippen molar-refractivity contribution < 1.29 is 19.1 Å². The van der Waals surface area contributed by atoms with Gasteiger partial charge in [-0.15, -0.1) is 0 Å². The Balaban J connectivity index is 0.000000198. The first-order valence-corrected chi connectivity index (χ1v) is 11.2. The number of hydrogen-bond donors (Lipinski definition) is 0. The van der Waals surface area contributed by atoms with Crippen molar-refractivity contribution in [1.82, 2.24) is 4.57 Å². The van der Waals surface area contributed by atoms with E-state index in [2.05, 4.69) is 4.99 Å². The van der Waals surface area contributed by atoms with Gasteiger partial charge >= 0.3 is 0 Å². The second-order valence-electron chi connectivity index (χ2n) is 7.92. The summed E-state index contributed by atoms with van der Waals surface area (Å²) in [5, 5.41) is 0. The third-order valence-electron chi connectivity index (χ3n) is 5.27. The summed E-state index contributed by atoms with van der Waals surface area (Å²) in [6.45, 7) is 5.68. The largest absolute Gasteiger partial charge is 0.483 e. The molecule has 1 aliphatic rings. The Bertz CT molecular complexity index is 1280. The van der Waals surface area contributed by atoms with E-state index >= 15 is 0 Å². The van der Waals surface area contributed by atoms with Gasteiger partial charge in [-0.1, -0.05) is 60.7 Å². The number of aromatic nitrogens is 1. The van der Waals surface area contributed by atoms with Crippen LogP contribution >= 0.6 is 0 Å². The Kier molecular flexibility index (Phi) is 9.03. The molecule has 0 bridgehead atoms. The molecule has 0 saturated heterocycles. The molecule has 35 heavy (non-hydrogen) atoms. The molecule has 2 aromatic carbocycles. The molecular formula is C28H28N2O5. The molecule has 0 spiro atoms. The zero-order chi connectivity index (χ0) is 25.2. The Morgan fingerprint density at radius 2 is 1.51 bits per heavy atom. The summed E-state index contributed by atoms with van der Waals surface area (Å²) in [7, 11) is 0. The number of aliphatic imine (C=N–C) groups is 1. The van der Waals surface area contributed by atoms with Crippen LogP contribution in [0.2, 0.25) is 0 Å². The fourth-order valence-corrected chi connectivity index (χ4v) is 3.41. The summed E-state index contributed by atoms with van der Waals surface area (Å²) in [5.74, 6) is 0.0343. The minimum Gasteiger partial charge on any atom is -0.483 e. The van der Waals surface area contributed by atoms with E-state index in [9.17, 15) is 14.4 Å². The molecule has 1 aliphatic heterocycles. The summed E-state index contributed by atoms with van der Waals surface area (Å²) in [6, 6.07) is 20.7. The van der Waals surface area contributed by atoms with E-state index in [4.69, 9.17) is 9.47 Å². The van der Waals surface area contributed by atoms with Crippen LogP contribution in [0.4, 0.5) is 0 Å². The molecule has 1 unspecified atom stereocenters. The maximum absolute atomic E-state index is 11.8. The molecule has 7 heteroatoms. The van der Waals surface area contributed by atoms with Crippen LogP contribution in [-0.4, -0.2) is 28.1 Å². The Labute approximate surface area is 204 Å². The highest BCUT2D eigenvalue weighted by molar-refractivity contribution is 6.13. The summed E-state index contributed by atoms with van der Waals surface area (Å²) in [4.78, 5) is 38.8. The molecule has 180 valence electrons. The lowest BCUT2D eigenvalue weighted by Crippen LogP contribution is -2.31. The number of hydrogen-bond acceptors (Lipinski definition) is 6. The number of ether oxygens (including phenoxy) is 2. The summed E-state index contributed by atoms with van der Waals surface area (Å²) in [6.07, 6.45) is 3.91. The standard InChI is InChI=1S/C15H15NO3.C13H13NO2/c1-11-15(14(18)8-9-16(11)12(2)17)19-10-13-6-4-3-5-7-13;1-10-13(12(15)7-8-14-10)16-9-11-5-3-2-4-6-11/h3-9H,10H2,1-2H3;2-8,13H,9H2,1H3. The highest BCUT2D eigenvalue weighted by Crippen LogP contribution is 2.14. The molecular weight excluding hydrogens is 444 g/mol. The molecule has 1 atom stereocenters. The van der Waals surface area contributed by atoms with Crippen LogP contribution in [0.25, 0.3) is 0 Å². The topological polar surface area (TPSA) is 87.0 Å². The van der Waals surface area contributed by atoms with E-state index < -0.39 is 6.10 Å². The first kappa shape index (κ1) is 25.5. The predicted octanol–water partition coefficient (Wildman–Crippen LogP) is 4.52. The second-order valence-corrected chi connectivity index (χ2v) is 7.92. The van der Waals surface area contributed by atoms with Crippen LogP contribution < -0.4 is 10.2 Å². The van der Waals surface area contributed by atoms with Gasteiger partial charge in [-0.05, 0) is 25.0 Å². The van der Waals surface area contributed by atoms with E-state index in [1.54, 1.807) is 13.8 Å². The molecule has 0 radical (unpaired) electrons. The van der Waals surface area contributed by atoms with Crippen LogP contribution in [0.1, 0.15) is 35.5 Å². The van der Waals surface area contributed by atoms with E-state index in [1.165, 1.54) is 36.0 Å². The van der Waals surface area contributed by atoms with Crippen molar-refractivity contribution in [3.63, 3.8) is 0 Å². The van der Waals surface area contributed by atoms with E-state index in [-0.39, 0.29) is 22.9 Å². The molecule has 2 heterocycles.